The zero-order valence-corrected chi connectivity index (χ0v) is 17.3. The summed E-state index contributed by atoms with van der Waals surface area (Å²) in [5.41, 5.74) is 1.67. The van der Waals surface area contributed by atoms with E-state index in [-0.39, 0.29) is 30.1 Å². The van der Waals surface area contributed by atoms with Gasteiger partial charge in [-0.15, -0.1) is 0 Å². The molecule has 2 fully saturated rings. The minimum absolute atomic E-state index is 0.0193. The summed E-state index contributed by atoms with van der Waals surface area (Å²) in [5, 5.41) is 9.38. The minimum Gasteiger partial charge on any atom is -0.494 e. The Morgan fingerprint density at radius 3 is 2.80 bits per heavy atom. The Morgan fingerprint density at radius 2 is 2.07 bits per heavy atom. The molecule has 1 aromatic carbocycles. The molecule has 2 aliphatic rings. The number of imidazole rings is 1. The summed E-state index contributed by atoms with van der Waals surface area (Å²) in [7, 11) is 1.62. The van der Waals surface area contributed by atoms with Crippen molar-refractivity contribution < 1.29 is 24.2 Å². The lowest BCUT2D eigenvalue weighted by Crippen LogP contribution is -2.48. The van der Waals surface area contributed by atoms with Gasteiger partial charge in [0.25, 0.3) is 0 Å². The first-order chi connectivity index (χ1) is 14.5. The number of methoxy groups -OCH3 is 1. The van der Waals surface area contributed by atoms with Crippen LogP contribution in [-0.2, 0) is 20.7 Å². The number of para-hydroxylation sites is 1. The molecule has 0 bridgehead atoms. The highest BCUT2D eigenvalue weighted by atomic mass is 16.5. The Kier molecular flexibility index (Phi) is 6.22. The number of H-pyrrole nitrogens is 1. The molecule has 2 N–H and O–H groups in total. The number of hydrogen-bond acceptors (Lipinski definition) is 5. The first-order valence-corrected chi connectivity index (χ1v) is 10.6. The number of fused-ring (bicyclic) bond motifs is 1. The Labute approximate surface area is 175 Å². The number of carboxylic acid groups (broad SMARTS) is 1. The number of carboxylic acids is 1. The average molecular weight is 415 g/mol. The SMILES string of the molecule is COc1cccc2[nH]c(C[C@H]3CN(C(=O)C4CCOCC4)CC[C@H]3CC(=O)O)nc12. The van der Waals surface area contributed by atoms with Crippen molar-refractivity contribution in [3.63, 3.8) is 0 Å². The zero-order valence-electron chi connectivity index (χ0n) is 17.3. The molecule has 162 valence electrons. The second-order valence-corrected chi connectivity index (χ2v) is 8.32. The van der Waals surface area contributed by atoms with Crippen molar-refractivity contribution >= 4 is 22.9 Å². The second kappa shape index (κ2) is 9.04. The van der Waals surface area contributed by atoms with Crippen molar-refractivity contribution in [2.24, 2.45) is 17.8 Å². The maximum Gasteiger partial charge on any atom is 0.303 e. The fourth-order valence-electron chi connectivity index (χ4n) is 4.77. The van der Waals surface area contributed by atoms with Crippen molar-refractivity contribution in [3.05, 3.63) is 24.0 Å². The minimum atomic E-state index is -0.791. The molecule has 0 spiro atoms. The lowest BCUT2D eigenvalue weighted by Gasteiger charge is -2.40. The van der Waals surface area contributed by atoms with E-state index >= 15 is 0 Å². The predicted molar refractivity (Wildman–Crippen MR) is 110 cm³/mol. The fraction of sp³-hybridized carbons (Fsp3) is 0.591. The topological polar surface area (TPSA) is 105 Å². The van der Waals surface area contributed by atoms with Crippen LogP contribution < -0.4 is 4.74 Å². The molecular weight excluding hydrogens is 386 g/mol. The molecule has 2 saturated heterocycles. The second-order valence-electron chi connectivity index (χ2n) is 8.32. The van der Waals surface area contributed by atoms with Gasteiger partial charge < -0.3 is 24.5 Å². The first kappa shape index (κ1) is 20.7. The maximum atomic E-state index is 13.0. The van der Waals surface area contributed by atoms with Crippen LogP contribution in [0.4, 0.5) is 0 Å². The molecular formula is C22H29N3O5. The van der Waals surface area contributed by atoms with Gasteiger partial charge >= 0.3 is 5.97 Å². The predicted octanol–water partition coefficient (Wildman–Crippen LogP) is 2.48. The maximum absolute atomic E-state index is 13.0. The molecule has 0 saturated carbocycles. The third-order valence-corrected chi connectivity index (χ3v) is 6.41. The first-order valence-electron chi connectivity index (χ1n) is 10.6. The Morgan fingerprint density at radius 1 is 1.27 bits per heavy atom. The van der Waals surface area contributed by atoms with Crippen LogP contribution in [0.3, 0.4) is 0 Å². The van der Waals surface area contributed by atoms with Crippen LogP contribution in [0.15, 0.2) is 18.2 Å². The molecule has 3 heterocycles. The third-order valence-electron chi connectivity index (χ3n) is 6.41. The third kappa shape index (κ3) is 4.43. The number of piperidine rings is 1. The lowest BCUT2D eigenvalue weighted by atomic mass is 9.80. The Bertz CT molecular complexity index is 905. The van der Waals surface area contributed by atoms with E-state index in [0.717, 1.165) is 29.7 Å². The molecule has 30 heavy (non-hydrogen) atoms. The number of ether oxygens (including phenoxy) is 2. The van der Waals surface area contributed by atoms with Crippen LogP contribution in [0.5, 0.6) is 5.75 Å². The molecule has 2 atom stereocenters. The van der Waals surface area contributed by atoms with E-state index < -0.39 is 5.97 Å². The molecule has 0 aliphatic carbocycles. The Balaban J connectivity index is 1.52. The van der Waals surface area contributed by atoms with E-state index in [2.05, 4.69) is 4.98 Å². The summed E-state index contributed by atoms with van der Waals surface area (Å²) in [6.07, 6.45) is 2.96. The normalized spacial score (nSPS) is 22.9. The number of nitrogens with zero attached hydrogens (tertiary/aromatic N) is 2. The number of rotatable bonds is 6. The van der Waals surface area contributed by atoms with Crippen LogP contribution in [0.1, 0.15) is 31.5 Å². The molecule has 1 amide bonds. The van der Waals surface area contributed by atoms with Gasteiger partial charge in [0.2, 0.25) is 5.91 Å². The van der Waals surface area contributed by atoms with E-state index in [9.17, 15) is 14.7 Å². The summed E-state index contributed by atoms with van der Waals surface area (Å²) in [5.74, 6) is 0.989. The number of aromatic amines is 1. The number of carbonyl (C=O) groups is 2. The van der Waals surface area contributed by atoms with Gasteiger partial charge in [-0.1, -0.05) is 6.07 Å². The highest BCUT2D eigenvalue weighted by molar-refractivity contribution is 5.81. The van der Waals surface area contributed by atoms with E-state index in [4.69, 9.17) is 14.5 Å². The molecule has 8 heteroatoms. The van der Waals surface area contributed by atoms with Gasteiger partial charge in [-0.05, 0) is 43.2 Å². The van der Waals surface area contributed by atoms with Crippen molar-refractivity contribution in [3.8, 4) is 5.75 Å². The van der Waals surface area contributed by atoms with Crippen molar-refractivity contribution in [2.45, 2.75) is 32.1 Å². The molecule has 2 aliphatic heterocycles. The molecule has 0 radical (unpaired) electrons. The van der Waals surface area contributed by atoms with Crippen LogP contribution in [-0.4, -0.2) is 65.3 Å². The highest BCUT2D eigenvalue weighted by Gasteiger charge is 2.36. The summed E-state index contributed by atoms with van der Waals surface area (Å²) in [6.45, 7) is 2.47. The van der Waals surface area contributed by atoms with Gasteiger partial charge in [0.15, 0.2) is 0 Å². The number of likely N-dealkylation sites (tertiary alicyclic amines) is 1. The number of aliphatic carboxylic acids is 1. The van der Waals surface area contributed by atoms with Gasteiger partial charge in [-0.3, -0.25) is 9.59 Å². The molecule has 8 nitrogen and oxygen atoms in total. The number of carbonyl (C=O) groups excluding carboxylic acids is 1. The summed E-state index contributed by atoms with van der Waals surface area (Å²) >= 11 is 0. The van der Waals surface area contributed by atoms with E-state index in [1.165, 1.54) is 0 Å². The zero-order chi connectivity index (χ0) is 21.1. The quantitative estimate of drug-likeness (QED) is 0.751. The number of hydrogen-bond donors (Lipinski definition) is 2. The number of benzene rings is 1. The van der Waals surface area contributed by atoms with Crippen molar-refractivity contribution in [2.75, 3.05) is 33.4 Å². The van der Waals surface area contributed by atoms with Gasteiger partial charge in [0, 0.05) is 45.1 Å². The van der Waals surface area contributed by atoms with E-state index in [1.54, 1.807) is 7.11 Å². The highest BCUT2D eigenvalue weighted by Crippen LogP contribution is 2.32. The summed E-state index contributed by atoms with van der Waals surface area (Å²) < 4.78 is 10.8. The van der Waals surface area contributed by atoms with Gasteiger partial charge in [-0.2, -0.15) is 0 Å². The summed E-state index contributed by atoms with van der Waals surface area (Å²) in [4.78, 5) is 34.4. The smallest absolute Gasteiger partial charge is 0.303 e. The molecule has 2 aromatic rings. The lowest BCUT2D eigenvalue weighted by molar-refractivity contribution is -0.142. The van der Waals surface area contributed by atoms with Crippen LogP contribution in [0.25, 0.3) is 11.0 Å². The van der Waals surface area contributed by atoms with Gasteiger partial charge in [0.1, 0.15) is 17.1 Å². The average Bonchev–Trinajstić information content (AvgIpc) is 3.17. The standard InChI is InChI=1S/C22H29N3O5/c1-29-18-4-2-3-17-21(18)24-19(23-17)11-16-13-25(8-5-15(16)12-20(26)27)22(28)14-6-9-30-10-7-14/h2-4,14-16H,5-13H2,1H3,(H,23,24)(H,26,27)/t15-,16-/m0/s1. The van der Waals surface area contributed by atoms with Gasteiger partial charge in [0.05, 0.1) is 12.6 Å². The molecule has 1 aromatic heterocycles. The van der Waals surface area contributed by atoms with E-state index in [1.807, 2.05) is 23.1 Å². The van der Waals surface area contributed by atoms with Crippen LogP contribution >= 0.6 is 0 Å². The van der Waals surface area contributed by atoms with Crippen LogP contribution in [0, 0.1) is 17.8 Å². The number of aromatic nitrogens is 2. The molecule has 0 unspecified atom stereocenters. The van der Waals surface area contributed by atoms with Crippen molar-refractivity contribution in [1.82, 2.24) is 14.9 Å². The summed E-state index contributed by atoms with van der Waals surface area (Å²) in [6, 6.07) is 5.73. The number of amides is 1. The monoisotopic (exact) mass is 415 g/mol. The van der Waals surface area contributed by atoms with Crippen LogP contribution in [0.2, 0.25) is 0 Å². The largest absolute Gasteiger partial charge is 0.494 e. The Hall–Kier alpha value is -2.61. The molecule has 4 rings (SSSR count). The van der Waals surface area contributed by atoms with Crippen molar-refractivity contribution in [1.29, 1.82) is 0 Å². The fourth-order valence-corrected chi connectivity index (χ4v) is 4.77. The van der Waals surface area contributed by atoms with Gasteiger partial charge in [-0.25, -0.2) is 4.98 Å². The van der Waals surface area contributed by atoms with E-state index in [0.29, 0.717) is 44.9 Å². The number of nitrogens with one attached hydrogen (secondary N) is 1.